The van der Waals surface area contributed by atoms with Crippen LogP contribution in [0.25, 0.3) is 16.0 Å². The fraction of sp³-hybridized carbons (Fsp3) is 0.409. The Morgan fingerprint density at radius 2 is 1.84 bits per heavy atom. The second kappa shape index (κ2) is 18.1. The monoisotopic (exact) mass is 761 g/mol. The normalized spacial score (nSPS) is 18.4. The molecule has 1 saturated heterocycles. The summed E-state index contributed by atoms with van der Waals surface area (Å²) >= 11 is 6.91. The van der Waals surface area contributed by atoms with Crippen molar-refractivity contribution in [2.45, 2.75) is 76.8 Å². The van der Waals surface area contributed by atoms with Gasteiger partial charge in [0.1, 0.15) is 48.0 Å². The lowest BCUT2D eigenvalue weighted by atomic mass is 9.95. The lowest BCUT2D eigenvalue weighted by Gasteiger charge is -2.28. The number of Topliss-reactive ketones (excluding diaryl/α,β-unsaturated/α-hetero) is 1. The summed E-state index contributed by atoms with van der Waals surface area (Å²) in [4.78, 5) is 22.2. The van der Waals surface area contributed by atoms with Crippen molar-refractivity contribution in [3.63, 3.8) is 0 Å². The molecule has 2 atom stereocenters. The Morgan fingerprint density at radius 3 is 2.64 bits per heavy atom. The fourth-order valence-electron chi connectivity index (χ4n) is 7.92. The van der Waals surface area contributed by atoms with Gasteiger partial charge < -0.3 is 24.4 Å². The number of hydrogen-bond acceptors (Lipinski definition) is 8. The van der Waals surface area contributed by atoms with Crippen molar-refractivity contribution in [1.82, 2.24) is 15.2 Å². The SMILES string of the molecule is [C-]#[N+]c1c(OCCCN2CCC(F)CC2)cccc1-c1cccc2c1CC[C@@H]2Oc1cc(OCc2cncc(C#N)c2)c(CNCC2CCC(=O)C2)cc1Cl. The Hall–Kier alpha value is -5.00. The van der Waals surface area contributed by atoms with Gasteiger partial charge in [0.2, 0.25) is 5.69 Å². The predicted octanol–water partition coefficient (Wildman–Crippen LogP) is 9.13. The van der Waals surface area contributed by atoms with Gasteiger partial charge >= 0.3 is 0 Å². The number of nitriles is 1. The Morgan fingerprint density at radius 1 is 1.00 bits per heavy atom. The van der Waals surface area contributed by atoms with Crippen molar-refractivity contribution >= 4 is 23.1 Å². The Labute approximate surface area is 327 Å². The second-order valence-corrected chi connectivity index (χ2v) is 15.1. The average Bonchev–Trinajstić information content (AvgIpc) is 3.82. The number of pyridine rings is 1. The number of benzene rings is 3. The number of nitrogens with zero attached hydrogens (tertiary/aromatic N) is 4. The minimum absolute atomic E-state index is 0.203. The second-order valence-electron chi connectivity index (χ2n) is 14.7. The van der Waals surface area contributed by atoms with Crippen LogP contribution in [0.3, 0.4) is 0 Å². The van der Waals surface area contributed by atoms with Gasteiger partial charge in [-0.3, -0.25) is 9.78 Å². The standard InChI is InChI=1S/C44H45ClFN5O4/c1-48-44-38(7-3-8-41(44)53-18-4-15-51-16-13-33(46)14-17-51)35-5-2-6-37-36(35)11-12-40(37)55-43-22-42(54-28-31-19-30(23-47)25-49-26-31)32(21-39(43)45)27-50-24-29-9-10-34(52)20-29/h2-3,5-8,19,21-22,25-26,29,33,40,50H,4,9-18,20,24,27-28H2/t29?,40-/m0/s1. The van der Waals surface area contributed by atoms with E-state index < -0.39 is 6.17 Å². The first-order valence-electron chi connectivity index (χ1n) is 19.2. The molecule has 9 nitrogen and oxygen atoms in total. The molecule has 1 saturated carbocycles. The van der Waals surface area contributed by atoms with Gasteiger partial charge in [-0.05, 0) is 91.4 Å². The van der Waals surface area contributed by atoms with Crippen LogP contribution in [0.15, 0.2) is 67.0 Å². The zero-order valence-electron chi connectivity index (χ0n) is 30.9. The molecular weight excluding hydrogens is 717 g/mol. The molecule has 1 aromatic heterocycles. The average molecular weight is 762 g/mol. The van der Waals surface area contributed by atoms with Crippen molar-refractivity contribution in [3.8, 4) is 34.4 Å². The molecule has 3 aliphatic rings. The summed E-state index contributed by atoms with van der Waals surface area (Å²) in [6, 6.07) is 19.5. The number of hydrogen-bond donors (Lipinski definition) is 1. The predicted molar refractivity (Wildman–Crippen MR) is 209 cm³/mol. The number of ether oxygens (including phenoxy) is 3. The molecule has 0 amide bonds. The summed E-state index contributed by atoms with van der Waals surface area (Å²) in [5.41, 5.74) is 6.57. The molecule has 3 aromatic carbocycles. The summed E-state index contributed by atoms with van der Waals surface area (Å²) in [5.74, 6) is 2.32. The molecule has 2 fully saturated rings. The third-order valence-electron chi connectivity index (χ3n) is 10.8. The first kappa shape index (κ1) is 38.3. The molecule has 284 valence electrons. The molecule has 7 rings (SSSR count). The fourth-order valence-corrected chi connectivity index (χ4v) is 8.15. The van der Waals surface area contributed by atoms with E-state index in [4.69, 9.17) is 32.4 Å². The molecule has 0 spiro atoms. The van der Waals surface area contributed by atoms with Crippen LogP contribution >= 0.6 is 11.6 Å². The van der Waals surface area contributed by atoms with Crippen molar-refractivity contribution < 1.29 is 23.4 Å². The quantitative estimate of drug-likeness (QED) is 0.0946. The Bertz CT molecular complexity index is 2090. The van der Waals surface area contributed by atoms with Crippen molar-refractivity contribution in [3.05, 3.63) is 111 Å². The number of nitrogens with one attached hydrogen (secondary N) is 1. The van der Waals surface area contributed by atoms with Gasteiger partial charge in [-0.2, -0.15) is 5.26 Å². The van der Waals surface area contributed by atoms with Crippen molar-refractivity contribution in [2.24, 2.45) is 5.92 Å². The van der Waals surface area contributed by atoms with Gasteiger partial charge in [-0.15, -0.1) is 0 Å². The summed E-state index contributed by atoms with van der Waals surface area (Å²) in [6.07, 6.45) is 7.89. The van der Waals surface area contributed by atoms with Gasteiger partial charge in [0.25, 0.3) is 0 Å². The van der Waals surface area contributed by atoms with Gasteiger partial charge in [0, 0.05) is 68.6 Å². The van der Waals surface area contributed by atoms with Crippen LogP contribution in [0, 0.1) is 23.8 Å². The molecule has 0 bridgehead atoms. The van der Waals surface area contributed by atoms with E-state index in [1.165, 1.54) is 6.20 Å². The number of carbonyl (C=O) groups is 1. The van der Waals surface area contributed by atoms with Gasteiger partial charge in [0.15, 0.2) is 0 Å². The lowest BCUT2D eigenvalue weighted by molar-refractivity contribution is -0.117. The maximum atomic E-state index is 13.5. The summed E-state index contributed by atoms with van der Waals surface area (Å²) in [5, 5.41) is 13.3. The van der Waals surface area contributed by atoms with E-state index in [0.29, 0.717) is 84.1 Å². The number of piperidine rings is 1. The highest BCUT2D eigenvalue weighted by Crippen LogP contribution is 2.46. The first-order valence-corrected chi connectivity index (χ1v) is 19.6. The molecule has 1 unspecified atom stereocenters. The summed E-state index contributed by atoms with van der Waals surface area (Å²) < 4.78 is 32.7. The topological polar surface area (TPSA) is 101 Å². The number of halogens is 2. The van der Waals surface area contributed by atoms with E-state index in [2.05, 4.69) is 38.2 Å². The maximum absolute atomic E-state index is 13.5. The van der Waals surface area contributed by atoms with Crippen molar-refractivity contribution in [1.29, 1.82) is 5.26 Å². The van der Waals surface area contributed by atoms with Crippen molar-refractivity contribution in [2.75, 3.05) is 32.8 Å². The molecule has 2 aliphatic carbocycles. The lowest BCUT2D eigenvalue weighted by Crippen LogP contribution is -2.35. The Balaban J connectivity index is 1.07. The minimum Gasteiger partial charge on any atom is -0.505 e. The van der Waals surface area contributed by atoms with Crippen LogP contribution in [-0.2, 0) is 24.4 Å². The molecule has 0 radical (unpaired) electrons. The Kier molecular flexibility index (Phi) is 12.6. The maximum Gasteiger partial charge on any atom is 0.235 e. The van der Waals surface area contributed by atoms with Gasteiger partial charge in [0.05, 0.1) is 23.8 Å². The molecule has 11 heteroatoms. The van der Waals surface area contributed by atoms with Crippen LogP contribution in [0.5, 0.6) is 17.2 Å². The molecular formula is C44H45ClFN5O4. The van der Waals surface area contributed by atoms with Crippen LogP contribution < -0.4 is 19.5 Å². The molecule has 4 aromatic rings. The van der Waals surface area contributed by atoms with E-state index >= 15 is 0 Å². The third kappa shape index (κ3) is 9.45. The number of alkyl halides is 1. The number of fused-ring (bicyclic) bond motifs is 1. The highest BCUT2D eigenvalue weighted by Gasteiger charge is 2.29. The first-order chi connectivity index (χ1) is 26.9. The molecule has 55 heavy (non-hydrogen) atoms. The minimum atomic E-state index is -0.687. The number of rotatable bonds is 15. The number of aromatic nitrogens is 1. The van der Waals surface area contributed by atoms with E-state index in [9.17, 15) is 14.4 Å². The largest absolute Gasteiger partial charge is 0.505 e. The number of ketones is 1. The van der Waals surface area contributed by atoms with Crippen LogP contribution in [0.4, 0.5) is 10.1 Å². The molecule has 1 N–H and O–H groups in total. The van der Waals surface area contributed by atoms with E-state index in [1.54, 1.807) is 12.3 Å². The molecule has 1 aliphatic heterocycles. The van der Waals surface area contributed by atoms with Crippen LogP contribution in [-0.4, -0.2) is 54.6 Å². The van der Waals surface area contributed by atoms with E-state index in [-0.39, 0.29) is 12.7 Å². The highest BCUT2D eigenvalue weighted by atomic mass is 35.5. The van der Waals surface area contributed by atoms with E-state index in [1.807, 2.05) is 36.4 Å². The number of likely N-dealkylation sites (tertiary alicyclic amines) is 1. The van der Waals surface area contributed by atoms with Crippen LogP contribution in [0.1, 0.15) is 78.9 Å². The van der Waals surface area contributed by atoms with Crippen LogP contribution in [0.2, 0.25) is 5.02 Å². The number of carbonyl (C=O) groups excluding carboxylic acids is 1. The zero-order chi connectivity index (χ0) is 38.1. The van der Waals surface area contributed by atoms with Gasteiger partial charge in [-0.1, -0.05) is 41.9 Å². The highest BCUT2D eigenvalue weighted by molar-refractivity contribution is 6.32. The zero-order valence-corrected chi connectivity index (χ0v) is 31.6. The summed E-state index contributed by atoms with van der Waals surface area (Å²) in [6.45, 7) is 12.4. The third-order valence-corrected chi connectivity index (χ3v) is 11.1. The van der Waals surface area contributed by atoms with E-state index in [0.717, 1.165) is 85.2 Å². The summed E-state index contributed by atoms with van der Waals surface area (Å²) in [7, 11) is 0. The van der Waals surface area contributed by atoms with Gasteiger partial charge in [-0.25, -0.2) is 9.24 Å². The molecule has 2 heterocycles. The number of para-hydroxylation sites is 1. The smallest absolute Gasteiger partial charge is 0.235 e.